The van der Waals surface area contributed by atoms with Gasteiger partial charge in [-0.25, -0.2) is 5.48 Å². The van der Waals surface area contributed by atoms with Gasteiger partial charge in [-0.05, 0) is 24.9 Å². The minimum Gasteiger partial charge on any atom is -0.316 e. The van der Waals surface area contributed by atoms with Crippen molar-refractivity contribution in [2.45, 2.75) is 25.4 Å². The molecule has 1 aromatic carbocycles. The molecule has 1 atom stereocenters. The van der Waals surface area contributed by atoms with E-state index in [2.05, 4.69) is 34.6 Å². The van der Waals surface area contributed by atoms with Gasteiger partial charge in [0, 0.05) is 19.1 Å². The van der Waals surface area contributed by atoms with Crippen LogP contribution in [0.1, 0.15) is 18.4 Å². The highest BCUT2D eigenvalue weighted by Gasteiger charge is 2.18. The fourth-order valence-electron chi connectivity index (χ4n) is 2.15. The molecular formula is C12H18N2O. The molecule has 1 saturated heterocycles. The molecule has 0 saturated carbocycles. The highest BCUT2D eigenvalue weighted by molar-refractivity contribution is 5.14. The van der Waals surface area contributed by atoms with Crippen LogP contribution in [0, 0.1) is 0 Å². The van der Waals surface area contributed by atoms with Crippen molar-refractivity contribution < 1.29 is 5.21 Å². The predicted octanol–water partition coefficient (Wildman–Crippen LogP) is 1.63. The van der Waals surface area contributed by atoms with Gasteiger partial charge in [-0.3, -0.25) is 4.90 Å². The molecule has 1 aromatic rings. The monoisotopic (exact) mass is 206 g/mol. The van der Waals surface area contributed by atoms with E-state index in [1.807, 2.05) is 6.07 Å². The average Bonchev–Trinajstić information content (AvgIpc) is 2.31. The van der Waals surface area contributed by atoms with Crippen molar-refractivity contribution in [3.63, 3.8) is 0 Å². The Bertz CT molecular complexity index is 289. The van der Waals surface area contributed by atoms with Gasteiger partial charge in [0.1, 0.15) is 0 Å². The lowest BCUT2D eigenvalue weighted by molar-refractivity contribution is 0.0726. The Morgan fingerprint density at radius 3 is 2.87 bits per heavy atom. The Balaban J connectivity index is 1.89. The van der Waals surface area contributed by atoms with Crippen LogP contribution in [0.4, 0.5) is 0 Å². The molecule has 15 heavy (non-hydrogen) atoms. The maximum Gasteiger partial charge on any atom is 0.0447 e. The third kappa shape index (κ3) is 3.02. The fourth-order valence-corrected chi connectivity index (χ4v) is 2.15. The predicted molar refractivity (Wildman–Crippen MR) is 59.7 cm³/mol. The summed E-state index contributed by atoms with van der Waals surface area (Å²) in [6.07, 6.45) is 2.23. The van der Waals surface area contributed by atoms with E-state index in [1.165, 1.54) is 5.56 Å². The first kappa shape index (κ1) is 10.6. The van der Waals surface area contributed by atoms with Crippen LogP contribution < -0.4 is 5.48 Å². The van der Waals surface area contributed by atoms with Crippen LogP contribution in [-0.2, 0) is 6.54 Å². The quantitative estimate of drug-likeness (QED) is 0.738. The zero-order chi connectivity index (χ0) is 10.5. The van der Waals surface area contributed by atoms with Crippen LogP contribution >= 0.6 is 0 Å². The van der Waals surface area contributed by atoms with E-state index in [-0.39, 0.29) is 6.04 Å². The number of hydrogen-bond acceptors (Lipinski definition) is 3. The smallest absolute Gasteiger partial charge is 0.0447 e. The van der Waals surface area contributed by atoms with Crippen molar-refractivity contribution >= 4 is 0 Å². The van der Waals surface area contributed by atoms with Gasteiger partial charge in [0.25, 0.3) is 0 Å². The fraction of sp³-hybridized carbons (Fsp3) is 0.500. The first-order valence-electron chi connectivity index (χ1n) is 5.54. The molecule has 0 aliphatic carbocycles. The lowest BCUT2D eigenvalue weighted by atomic mass is 10.1. The van der Waals surface area contributed by atoms with Gasteiger partial charge in [0.05, 0.1) is 0 Å². The van der Waals surface area contributed by atoms with Gasteiger partial charge in [0.2, 0.25) is 0 Å². The van der Waals surface area contributed by atoms with E-state index in [4.69, 9.17) is 5.21 Å². The molecule has 1 aliphatic rings. The van der Waals surface area contributed by atoms with Crippen molar-refractivity contribution in [1.82, 2.24) is 10.4 Å². The third-order valence-electron chi connectivity index (χ3n) is 2.94. The maximum absolute atomic E-state index is 8.90. The molecule has 0 radical (unpaired) electrons. The topological polar surface area (TPSA) is 35.5 Å². The van der Waals surface area contributed by atoms with E-state index >= 15 is 0 Å². The van der Waals surface area contributed by atoms with Crippen molar-refractivity contribution in [2.75, 3.05) is 13.1 Å². The first-order valence-corrected chi connectivity index (χ1v) is 5.54. The number of nitrogens with one attached hydrogen (secondary N) is 1. The Hall–Kier alpha value is -0.900. The van der Waals surface area contributed by atoms with E-state index in [1.54, 1.807) is 0 Å². The number of hydroxylamine groups is 1. The SMILES string of the molecule is ONC1CCCN(Cc2ccccc2)C1. The standard InChI is InChI=1S/C12H18N2O/c15-13-12-7-4-8-14(10-12)9-11-5-2-1-3-6-11/h1-3,5-6,12-13,15H,4,7-10H2. The van der Waals surface area contributed by atoms with Crippen molar-refractivity contribution in [2.24, 2.45) is 0 Å². The van der Waals surface area contributed by atoms with Crippen LogP contribution in [0.25, 0.3) is 0 Å². The molecule has 0 aromatic heterocycles. The van der Waals surface area contributed by atoms with Gasteiger partial charge in [-0.15, -0.1) is 0 Å². The second kappa shape index (κ2) is 5.26. The molecule has 2 rings (SSSR count). The van der Waals surface area contributed by atoms with Gasteiger partial charge >= 0.3 is 0 Å². The Labute approximate surface area is 90.7 Å². The Morgan fingerprint density at radius 1 is 1.33 bits per heavy atom. The number of rotatable bonds is 3. The highest BCUT2D eigenvalue weighted by Crippen LogP contribution is 2.13. The van der Waals surface area contributed by atoms with Crippen LogP contribution in [-0.4, -0.2) is 29.2 Å². The molecule has 2 N–H and O–H groups in total. The summed E-state index contributed by atoms with van der Waals surface area (Å²) in [4.78, 5) is 2.38. The Kier molecular flexibility index (Phi) is 3.72. The van der Waals surface area contributed by atoms with Crippen molar-refractivity contribution in [3.8, 4) is 0 Å². The summed E-state index contributed by atoms with van der Waals surface area (Å²) < 4.78 is 0. The minimum atomic E-state index is 0.238. The lowest BCUT2D eigenvalue weighted by Crippen LogP contribution is -2.44. The number of hydrogen-bond donors (Lipinski definition) is 2. The molecule has 1 heterocycles. The maximum atomic E-state index is 8.90. The van der Waals surface area contributed by atoms with Crippen molar-refractivity contribution in [3.05, 3.63) is 35.9 Å². The zero-order valence-electron chi connectivity index (χ0n) is 8.89. The molecule has 3 heteroatoms. The van der Waals surface area contributed by atoms with E-state index < -0.39 is 0 Å². The normalized spacial score (nSPS) is 22.9. The number of nitrogens with zero attached hydrogens (tertiary/aromatic N) is 1. The van der Waals surface area contributed by atoms with Crippen LogP contribution in [0.15, 0.2) is 30.3 Å². The molecule has 0 spiro atoms. The molecule has 0 amide bonds. The molecule has 82 valence electrons. The van der Waals surface area contributed by atoms with Gasteiger partial charge in [-0.1, -0.05) is 30.3 Å². The molecule has 0 bridgehead atoms. The number of benzene rings is 1. The summed E-state index contributed by atoms with van der Waals surface area (Å²) >= 11 is 0. The zero-order valence-corrected chi connectivity index (χ0v) is 8.89. The van der Waals surface area contributed by atoms with Gasteiger partial charge < -0.3 is 5.21 Å². The van der Waals surface area contributed by atoms with Crippen LogP contribution in [0.5, 0.6) is 0 Å². The second-order valence-corrected chi connectivity index (χ2v) is 4.19. The van der Waals surface area contributed by atoms with E-state index in [0.29, 0.717) is 0 Å². The van der Waals surface area contributed by atoms with Crippen LogP contribution in [0.2, 0.25) is 0 Å². The summed E-state index contributed by atoms with van der Waals surface area (Å²) in [6, 6.07) is 10.7. The van der Waals surface area contributed by atoms with E-state index in [9.17, 15) is 0 Å². The summed E-state index contributed by atoms with van der Waals surface area (Å²) in [5.41, 5.74) is 3.72. The lowest BCUT2D eigenvalue weighted by Gasteiger charge is -2.31. The van der Waals surface area contributed by atoms with Gasteiger partial charge in [0.15, 0.2) is 0 Å². The molecule has 3 nitrogen and oxygen atoms in total. The Morgan fingerprint density at radius 2 is 2.13 bits per heavy atom. The number of likely N-dealkylation sites (tertiary alicyclic amines) is 1. The largest absolute Gasteiger partial charge is 0.316 e. The van der Waals surface area contributed by atoms with E-state index in [0.717, 1.165) is 32.5 Å². The summed E-state index contributed by atoms with van der Waals surface area (Å²) in [5, 5.41) is 8.90. The van der Waals surface area contributed by atoms with Gasteiger partial charge in [-0.2, -0.15) is 0 Å². The van der Waals surface area contributed by atoms with Crippen LogP contribution in [0.3, 0.4) is 0 Å². The highest BCUT2D eigenvalue weighted by atomic mass is 16.5. The number of piperidine rings is 1. The average molecular weight is 206 g/mol. The minimum absolute atomic E-state index is 0.238. The molecule has 1 fully saturated rings. The first-order chi connectivity index (χ1) is 7.38. The summed E-state index contributed by atoms with van der Waals surface area (Å²) in [7, 11) is 0. The molecular weight excluding hydrogens is 188 g/mol. The third-order valence-corrected chi connectivity index (χ3v) is 2.94. The summed E-state index contributed by atoms with van der Waals surface area (Å²) in [5.74, 6) is 0. The molecule has 1 aliphatic heterocycles. The molecule has 1 unspecified atom stereocenters. The summed E-state index contributed by atoms with van der Waals surface area (Å²) in [6.45, 7) is 3.05. The van der Waals surface area contributed by atoms with Crippen molar-refractivity contribution in [1.29, 1.82) is 0 Å². The second-order valence-electron chi connectivity index (χ2n) is 4.19.